The quantitative estimate of drug-likeness (QED) is 0.653. The Kier molecular flexibility index (Phi) is 4.37. The lowest BCUT2D eigenvalue weighted by Gasteiger charge is -2.28. The zero-order valence-corrected chi connectivity index (χ0v) is 11.3. The van der Waals surface area contributed by atoms with Crippen molar-refractivity contribution >= 4 is 17.3 Å². The molecular weight excluding hydrogens is 283 g/mol. The molecule has 21 heavy (non-hydrogen) atoms. The van der Waals surface area contributed by atoms with Crippen molar-refractivity contribution in [1.82, 2.24) is 0 Å². The highest BCUT2D eigenvalue weighted by molar-refractivity contribution is 5.90. The van der Waals surface area contributed by atoms with E-state index in [1.807, 2.05) is 6.92 Å². The van der Waals surface area contributed by atoms with Gasteiger partial charge in [0.1, 0.15) is 11.5 Å². The number of nitrogens with one attached hydrogen (secondary N) is 1. The molecule has 2 unspecified atom stereocenters. The Morgan fingerprint density at radius 2 is 2.29 bits per heavy atom. The highest BCUT2D eigenvalue weighted by atomic mass is 19.1. The molecule has 2 atom stereocenters. The van der Waals surface area contributed by atoms with Crippen molar-refractivity contribution in [2.75, 3.05) is 11.9 Å². The summed E-state index contributed by atoms with van der Waals surface area (Å²) in [7, 11) is 0. The van der Waals surface area contributed by atoms with Gasteiger partial charge >= 0.3 is 5.97 Å². The number of aromatic carboxylic acids is 1. The van der Waals surface area contributed by atoms with Crippen LogP contribution in [-0.2, 0) is 4.74 Å². The van der Waals surface area contributed by atoms with Crippen LogP contribution in [0.25, 0.3) is 0 Å². The summed E-state index contributed by atoms with van der Waals surface area (Å²) in [6.07, 6.45) is 1.28. The van der Waals surface area contributed by atoms with Crippen LogP contribution < -0.4 is 5.32 Å². The summed E-state index contributed by atoms with van der Waals surface area (Å²) in [5, 5.41) is 22.8. The van der Waals surface area contributed by atoms with E-state index in [9.17, 15) is 19.3 Å². The van der Waals surface area contributed by atoms with E-state index in [0.717, 1.165) is 6.07 Å². The van der Waals surface area contributed by atoms with Gasteiger partial charge in [-0.25, -0.2) is 9.18 Å². The van der Waals surface area contributed by atoms with Gasteiger partial charge in [-0.15, -0.1) is 0 Å². The number of ether oxygens (including phenoxy) is 1. The normalized spacial score (nSPS) is 21.8. The van der Waals surface area contributed by atoms with E-state index in [0.29, 0.717) is 25.5 Å². The number of hydrogen-bond acceptors (Lipinski definition) is 5. The van der Waals surface area contributed by atoms with Crippen LogP contribution in [0, 0.1) is 15.9 Å². The van der Waals surface area contributed by atoms with Crippen molar-refractivity contribution in [3.63, 3.8) is 0 Å². The molecule has 0 aromatic heterocycles. The minimum atomic E-state index is -1.47. The van der Waals surface area contributed by atoms with E-state index < -0.39 is 28.0 Å². The molecule has 0 spiro atoms. The highest BCUT2D eigenvalue weighted by Crippen LogP contribution is 2.30. The molecule has 0 aliphatic carbocycles. The molecule has 0 saturated carbocycles. The van der Waals surface area contributed by atoms with Gasteiger partial charge in [0.25, 0.3) is 5.69 Å². The summed E-state index contributed by atoms with van der Waals surface area (Å²) in [6, 6.07) is 1.52. The monoisotopic (exact) mass is 298 g/mol. The van der Waals surface area contributed by atoms with Gasteiger partial charge in [-0.1, -0.05) is 0 Å². The molecule has 114 valence electrons. The number of benzene rings is 1. The van der Waals surface area contributed by atoms with Crippen molar-refractivity contribution < 1.29 is 24.0 Å². The maximum Gasteiger partial charge on any atom is 0.338 e. The third-order valence-corrected chi connectivity index (χ3v) is 3.36. The summed E-state index contributed by atoms with van der Waals surface area (Å²) in [6.45, 7) is 2.40. The fourth-order valence-electron chi connectivity index (χ4n) is 2.34. The first-order valence-corrected chi connectivity index (χ1v) is 6.48. The topological polar surface area (TPSA) is 102 Å². The number of carboxylic acids is 1. The predicted octanol–water partition coefficient (Wildman–Crippen LogP) is 2.41. The van der Waals surface area contributed by atoms with Crippen LogP contribution in [0.5, 0.6) is 0 Å². The molecule has 7 nitrogen and oxygen atoms in total. The van der Waals surface area contributed by atoms with E-state index in [4.69, 9.17) is 9.84 Å². The number of nitro benzene ring substituents is 1. The standard InChI is InChI=1S/C13H15FN2O5/c1-7-4-8(2-3-21-7)15-11-5-9(13(17)18)10(14)6-12(11)16(19)20/h5-8,15H,2-4H2,1H3,(H,17,18). The second-order valence-corrected chi connectivity index (χ2v) is 4.96. The Hall–Kier alpha value is -2.22. The van der Waals surface area contributed by atoms with E-state index in [2.05, 4.69) is 5.32 Å². The van der Waals surface area contributed by atoms with Gasteiger partial charge in [-0.3, -0.25) is 10.1 Å². The van der Waals surface area contributed by atoms with Gasteiger partial charge in [0.05, 0.1) is 22.7 Å². The average molecular weight is 298 g/mol. The van der Waals surface area contributed by atoms with Crippen LogP contribution in [0.15, 0.2) is 12.1 Å². The molecule has 1 saturated heterocycles. The molecule has 2 rings (SSSR count). The van der Waals surface area contributed by atoms with Crippen molar-refractivity contribution in [2.24, 2.45) is 0 Å². The molecular formula is C13H15FN2O5. The minimum absolute atomic E-state index is 0.00898. The zero-order chi connectivity index (χ0) is 15.6. The predicted molar refractivity (Wildman–Crippen MR) is 72.1 cm³/mol. The SMILES string of the molecule is CC1CC(Nc2cc(C(=O)O)c(F)cc2[N+](=O)[O-])CCO1. The first kappa shape index (κ1) is 15.2. The summed E-state index contributed by atoms with van der Waals surface area (Å²) in [4.78, 5) is 21.2. The zero-order valence-electron chi connectivity index (χ0n) is 11.3. The number of nitrogens with zero attached hydrogens (tertiary/aromatic N) is 1. The van der Waals surface area contributed by atoms with Gasteiger partial charge in [0.2, 0.25) is 0 Å². The van der Waals surface area contributed by atoms with Crippen molar-refractivity contribution in [1.29, 1.82) is 0 Å². The van der Waals surface area contributed by atoms with Gasteiger partial charge in [0, 0.05) is 12.6 Å². The summed E-state index contributed by atoms with van der Waals surface area (Å²) >= 11 is 0. The molecule has 1 heterocycles. The number of carbonyl (C=O) groups is 1. The van der Waals surface area contributed by atoms with Gasteiger partial charge in [0.15, 0.2) is 0 Å². The van der Waals surface area contributed by atoms with Crippen molar-refractivity contribution in [3.05, 3.63) is 33.6 Å². The third-order valence-electron chi connectivity index (χ3n) is 3.36. The lowest BCUT2D eigenvalue weighted by atomic mass is 10.0. The molecule has 1 aromatic carbocycles. The average Bonchev–Trinajstić information content (AvgIpc) is 2.39. The molecule has 1 aliphatic heterocycles. The molecule has 0 amide bonds. The second kappa shape index (κ2) is 6.04. The molecule has 0 radical (unpaired) electrons. The van der Waals surface area contributed by atoms with E-state index in [1.54, 1.807) is 0 Å². The Bertz CT molecular complexity index is 578. The second-order valence-electron chi connectivity index (χ2n) is 4.96. The Morgan fingerprint density at radius 1 is 1.57 bits per heavy atom. The van der Waals surface area contributed by atoms with Crippen LogP contribution in [0.3, 0.4) is 0 Å². The molecule has 1 fully saturated rings. The fourth-order valence-corrected chi connectivity index (χ4v) is 2.34. The van der Waals surface area contributed by atoms with Gasteiger partial charge in [-0.2, -0.15) is 0 Å². The molecule has 2 N–H and O–H groups in total. The van der Waals surface area contributed by atoms with Crippen molar-refractivity contribution in [3.8, 4) is 0 Å². The van der Waals surface area contributed by atoms with Crippen LogP contribution in [0.2, 0.25) is 0 Å². The summed E-state index contributed by atoms with van der Waals surface area (Å²) in [5.41, 5.74) is -1.06. The maximum atomic E-state index is 13.5. The Morgan fingerprint density at radius 3 is 2.86 bits per heavy atom. The van der Waals surface area contributed by atoms with Crippen LogP contribution in [0.4, 0.5) is 15.8 Å². The number of halogens is 1. The Labute approximate surface area is 119 Å². The van der Waals surface area contributed by atoms with Crippen LogP contribution in [-0.4, -0.2) is 34.8 Å². The molecule has 1 aromatic rings. The minimum Gasteiger partial charge on any atom is -0.478 e. The number of rotatable bonds is 4. The number of hydrogen-bond donors (Lipinski definition) is 2. The highest BCUT2D eigenvalue weighted by Gasteiger charge is 2.25. The van der Waals surface area contributed by atoms with Crippen LogP contribution >= 0.6 is 0 Å². The first-order valence-electron chi connectivity index (χ1n) is 6.48. The Balaban J connectivity index is 2.33. The lowest BCUT2D eigenvalue weighted by molar-refractivity contribution is -0.384. The van der Waals surface area contributed by atoms with Crippen LogP contribution in [0.1, 0.15) is 30.1 Å². The molecule has 1 aliphatic rings. The van der Waals surface area contributed by atoms with Crippen molar-refractivity contribution in [2.45, 2.75) is 31.9 Å². The van der Waals surface area contributed by atoms with Gasteiger partial charge < -0.3 is 15.2 Å². The van der Waals surface area contributed by atoms with E-state index >= 15 is 0 Å². The smallest absolute Gasteiger partial charge is 0.338 e. The largest absolute Gasteiger partial charge is 0.478 e. The third kappa shape index (κ3) is 3.46. The summed E-state index contributed by atoms with van der Waals surface area (Å²) < 4.78 is 18.9. The fraction of sp³-hybridized carbons (Fsp3) is 0.462. The summed E-state index contributed by atoms with van der Waals surface area (Å²) in [5.74, 6) is -2.59. The number of nitro groups is 1. The lowest BCUT2D eigenvalue weighted by Crippen LogP contribution is -2.32. The van der Waals surface area contributed by atoms with Gasteiger partial charge in [-0.05, 0) is 25.8 Å². The molecule has 0 bridgehead atoms. The maximum absolute atomic E-state index is 13.5. The number of carboxylic acid groups (broad SMARTS) is 1. The van der Waals surface area contributed by atoms with E-state index in [1.165, 1.54) is 0 Å². The number of anilines is 1. The first-order chi connectivity index (χ1) is 9.88. The molecule has 8 heteroatoms. The van der Waals surface area contributed by atoms with E-state index in [-0.39, 0.29) is 17.8 Å².